The van der Waals surface area contributed by atoms with Gasteiger partial charge in [0, 0.05) is 19.2 Å². The molecule has 6 heteroatoms. The first kappa shape index (κ1) is 19.4. The first-order valence-electron chi connectivity index (χ1n) is 9.62. The third kappa shape index (κ3) is 5.32. The normalized spacial score (nSPS) is 16.3. The number of likely N-dealkylation sites (tertiary alicyclic amines) is 1. The van der Waals surface area contributed by atoms with Crippen LogP contribution in [-0.4, -0.2) is 46.3 Å². The number of ether oxygens (including phenoxy) is 1. The smallest absolute Gasteiger partial charge is 0.239 e. The fourth-order valence-corrected chi connectivity index (χ4v) is 3.36. The summed E-state index contributed by atoms with van der Waals surface area (Å²) in [5, 5.41) is 7.53. The van der Waals surface area contributed by atoms with E-state index in [1.807, 2.05) is 48.0 Å². The van der Waals surface area contributed by atoms with Gasteiger partial charge in [0.15, 0.2) is 0 Å². The summed E-state index contributed by atoms with van der Waals surface area (Å²) in [6.07, 6.45) is 2.08. The molecule has 0 saturated carbocycles. The Morgan fingerprint density at radius 3 is 2.52 bits per heavy atom. The Hall–Kier alpha value is -2.34. The number of aryl methyl sites for hydroxylation is 1. The Morgan fingerprint density at radius 2 is 1.89 bits per heavy atom. The summed E-state index contributed by atoms with van der Waals surface area (Å²) in [5.41, 5.74) is 0.725. The number of hydrogen-bond donors (Lipinski definition) is 1. The van der Waals surface area contributed by atoms with Gasteiger partial charge in [0.2, 0.25) is 5.91 Å². The van der Waals surface area contributed by atoms with Crippen molar-refractivity contribution in [1.82, 2.24) is 14.7 Å². The van der Waals surface area contributed by atoms with E-state index in [0.717, 1.165) is 43.2 Å². The number of anilines is 1. The van der Waals surface area contributed by atoms with Crippen molar-refractivity contribution >= 4 is 11.7 Å². The standard InChI is InChI=1S/C21H30N4O2/c1-16-14-19(25(23-16)21(2,3)4)22-20(26)15-24-12-10-18(11-13-24)27-17-8-6-5-7-9-17/h5-9,14,18H,10-13,15H2,1-4H3,(H,22,26). The van der Waals surface area contributed by atoms with Crippen LogP contribution >= 0.6 is 0 Å². The summed E-state index contributed by atoms with van der Waals surface area (Å²) in [6.45, 7) is 10.3. The van der Waals surface area contributed by atoms with Crippen molar-refractivity contribution in [2.45, 2.75) is 52.2 Å². The zero-order valence-electron chi connectivity index (χ0n) is 16.7. The Labute approximate surface area is 161 Å². The van der Waals surface area contributed by atoms with Crippen molar-refractivity contribution in [1.29, 1.82) is 0 Å². The average Bonchev–Trinajstić information content (AvgIpc) is 2.98. The lowest BCUT2D eigenvalue weighted by molar-refractivity contribution is -0.117. The third-order valence-corrected chi connectivity index (χ3v) is 4.68. The van der Waals surface area contributed by atoms with Crippen molar-refractivity contribution in [2.24, 2.45) is 0 Å². The minimum Gasteiger partial charge on any atom is -0.490 e. The topological polar surface area (TPSA) is 59.4 Å². The molecule has 146 valence electrons. The number of piperidine rings is 1. The summed E-state index contributed by atoms with van der Waals surface area (Å²) in [7, 11) is 0. The van der Waals surface area contributed by atoms with Crippen LogP contribution in [0.3, 0.4) is 0 Å². The van der Waals surface area contributed by atoms with E-state index in [0.29, 0.717) is 6.54 Å². The van der Waals surface area contributed by atoms with Gasteiger partial charge in [-0.05, 0) is 52.7 Å². The molecule has 2 heterocycles. The molecule has 0 atom stereocenters. The molecule has 2 aromatic rings. The van der Waals surface area contributed by atoms with Crippen LogP contribution in [0.25, 0.3) is 0 Å². The van der Waals surface area contributed by atoms with Crippen LogP contribution in [0.2, 0.25) is 0 Å². The van der Waals surface area contributed by atoms with Gasteiger partial charge in [-0.1, -0.05) is 18.2 Å². The number of para-hydroxylation sites is 1. The van der Waals surface area contributed by atoms with Crippen molar-refractivity contribution in [3.8, 4) is 5.75 Å². The summed E-state index contributed by atoms with van der Waals surface area (Å²) >= 11 is 0. The zero-order chi connectivity index (χ0) is 19.4. The van der Waals surface area contributed by atoms with Gasteiger partial charge in [-0.2, -0.15) is 5.10 Å². The van der Waals surface area contributed by atoms with Gasteiger partial charge >= 0.3 is 0 Å². The fraction of sp³-hybridized carbons (Fsp3) is 0.524. The molecule has 0 bridgehead atoms. The number of carbonyl (C=O) groups is 1. The van der Waals surface area contributed by atoms with Gasteiger partial charge in [0.05, 0.1) is 17.8 Å². The minimum absolute atomic E-state index is 0.00262. The molecular formula is C21H30N4O2. The fourth-order valence-electron chi connectivity index (χ4n) is 3.36. The number of benzene rings is 1. The molecule has 6 nitrogen and oxygen atoms in total. The van der Waals surface area contributed by atoms with E-state index in [4.69, 9.17) is 4.74 Å². The number of aromatic nitrogens is 2. The lowest BCUT2D eigenvalue weighted by Gasteiger charge is -2.31. The van der Waals surface area contributed by atoms with E-state index >= 15 is 0 Å². The van der Waals surface area contributed by atoms with Gasteiger partial charge in [-0.25, -0.2) is 4.68 Å². The van der Waals surface area contributed by atoms with Crippen LogP contribution in [0.15, 0.2) is 36.4 Å². The van der Waals surface area contributed by atoms with Gasteiger partial charge in [-0.3, -0.25) is 9.69 Å². The Kier molecular flexibility index (Phi) is 5.85. The number of hydrogen-bond acceptors (Lipinski definition) is 4. The Bertz CT molecular complexity index is 756. The number of carbonyl (C=O) groups excluding carboxylic acids is 1. The number of rotatable bonds is 5. The molecule has 1 aromatic heterocycles. The van der Waals surface area contributed by atoms with E-state index in [2.05, 4.69) is 36.1 Å². The van der Waals surface area contributed by atoms with Gasteiger partial charge < -0.3 is 10.1 Å². The van der Waals surface area contributed by atoms with E-state index in [-0.39, 0.29) is 17.6 Å². The largest absolute Gasteiger partial charge is 0.490 e. The highest BCUT2D eigenvalue weighted by Gasteiger charge is 2.24. The molecule has 27 heavy (non-hydrogen) atoms. The molecule has 0 aliphatic carbocycles. The highest BCUT2D eigenvalue weighted by Crippen LogP contribution is 2.22. The van der Waals surface area contributed by atoms with E-state index in [1.54, 1.807) is 0 Å². The molecule has 3 rings (SSSR count). The van der Waals surface area contributed by atoms with Crippen LogP contribution in [0.4, 0.5) is 5.82 Å². The lowest BCUT2D eigenvalue weighted by Crippen LogP contribution is -2.42. The maximum absolute atomic E-state index is 12.5. The molecule has 1 N–H and O–H groups in total. The molecule has 1 aromatic carbocycles. The Morgan fingerprint density at radius 1 is 1.22 bits per heavy atom. The van der Waals surface area contributed by atoms with Gasteiger partial charge in [-0.15, -0.1) is 0 Å². The highest BCUT2D eigenvalue weighted by atomic mass is 16.5. The van der Waals surface area contributed by atoms with E-state index < -0.39 is 0 Å². The Balaban J connectivity index is 1.49. The highest BCUT2D eigenvalue weighted by molar-refractivity contribution is 5.91. The second-order valence-electron chi connectivity index (χ2n) is 8.21. The summed E-state index contributed by atoms with van der Waals surface area (Å²) in [4.78, 5) is 14.7. The molecule has 1 saturated heterocycles. The number of nitrogens with one attached hydrogen (secondary N) is 1. The number of nitrogens with zero attached hydrogens (tertiary/aromatic N) is 3. The molecule has 0 radical (unpaired) electrons. The van der Waals surface area contributed by atoms with Crippen LogP contribution in [-0.2, 0) is 10.3 Å². The summed E-state index contributed by atoms with van der Waals surface area (Å²) < 4.78 is 7.90. The molecule has 0 spiro atoms. The predicted molar refractivity (Wildman–Crippen MR) is 107 cm³/mol. The first-order chi connectivity index (χ1) is 12.8. The van der Waals surface area contributed by atoms with Crippen molar-refractivity contribution in [3.05, 3.63) is 42.1 Å². The first-order valence-corrected chi connectivity index (χ1v) is 9.62. The zero-order valence-corrected chi connectivity index (χ0v) is 16.7. The third-order valence-electron chi connectivity index (χ3n) is 4.68. The maximum atomic E-state index is 12.5. The predicted octanol–water partition coefficient (Wildman–Crippen LogP) is 3.43. The minimum atomic E-state index is -0.177. The molecule has 0 unspecified atom stereocenters. The number of amides is 1. The molecule has 1 aliphatic rings. The van der Waals surface area contributed by atoms with Crippen LogP contribution in [0, 0.1) is 6.92 Å². The molecule has 1 fully saturated rings. The average molecular weight is 370 g/mol. The summed E-state index contributed by atoms with van der Waals surface area (Å²) in [6, 6.07) is 11.8. The van der Waals surface area contributed by atoms with Crippen LogP contribution in [0.5, 0.6) is 5.75 Å². The summed E-state index contributed by atoms with van der Waals surface area (Å²) in [5.74, 6) is 1.68. The second kappa shape index (κ2) is 8.13. The SMILES string of the molecule is Cc1cc(NC(=O)CN2CCC(Oc3ccccc3)CC2)n(C(C)(C)C)n1. The molecule has 1 aliphatic heterocycles. The maximum Gasteiger partial charge on any atom is 0.239 e. The van der Waals surface area contributed by atoms with Gasteiger partial charge in [0.25, 0.3) is 0 Å². The lowest BCUT2D eigenvalue weighted by atomic mass is 10.1. The molecular weight excluding hydrogens is 340 g/mol. The van der Waals surface area contributed by atoms with Crippen molar-refractivity contribution < 1.29 is 9.53 Å². The van der Waals surface area contributed by atoms with E-state index in [1.165, 1.54) is 0 Å². The molecule has 1 amide bonds. The van der Waals surface area contributed by atoms with Crippen molar-refractivity contribution in [2.75, 3.05) is 25.0 Å². The van der Waals surface area contributed by atoms with Gasteiger partial charge in [0.1, 0.15) is 17.7 Å². The van der Waals surface area contributed by atoms with E-state index in [9.17, 15) is 4.79 Å². The van der Waals surface area contributed by atoms with Crippen LogP contribution in [0.1, 0.15) is 39.3 Å². The van der Waals surface area contributed by atoms with Crippen LogP contribution < -0.4 is 10.1 Å². The second-order valence-corrected chi connectivity index (χ2v) is 8.21. The monoisotopic (exact) mass is 370 g/mol. The van der Waals surface area contributed by atoms with Crippen molar-refractivity contribution in [3.63, 3.8) is 0 Å². The quantitative estimate of drug-likeness (QED) is 0.876.